The van der Waals surface area contributed by atoms with E-state index in [1.165, 1.54) is 212 Å². The highest BCUT2D eigenvalue weighted by Gasteiger charge is 1.95. The molecule has 244 valence electrons. The summed E-state index contributed by atoms with van der Waals surface area (Å²) in [6.45, 7) is 9.34. The zero-order valence-electron chi connectivity index (χ0n) is 28.6. The zero-order valence-corrected chi connectivity index (χ0v) is 28.6. The number of unbranched alkanes of at least 4 members (excludes halogenated alkanes) is 24. The van der Waals surface area contributed by atoms with Gasteiger partial charge in [0.25, 0.3) is 0 Å². The second-order valence-corrected chi connectivity index (χ2v) is 12.7. The standard InChI is InChI=1S/C39H78N2/c1-3-5-7-9-11-13-15-17-19-21-23-25-27-29-31-33-36-40-38-35-39-41-37-34-32-30-28-26-24-22-20-18-16-14-12-10-8-6-4-2/h17-20,40-41H,3-16,21-39H2,1-2H3/b19-17+,20-18+. The van der Waals surface area contributed by atoms with Crippen LogP contribution in [0.4, 0.5) is 0 Å². The third kappa shape index (κ3) is 39.4. The van der Waals surface area contributed by atoms with E-state index in [9.17, 15) is 0 Å². The fourth-order valence-corrected chi connectivity index (χ4v) is 5.58. The number of hydrogen-bond acceptors (Lipinski definition) is 2. The van der Waals surface area contributed by atoms with E-state index in [0.29, 0.717) is 0 Å². The van der Waals surface area contributed by atoms with Gasteiger partial charge in [-0.1, -0.05) is 154 Å². The largest absolute Gasteiger partial charge is 0.317 e. The number of allylic oxidation sites excluding steroid dienone is 4. The van der Waals surface area contributed by atoms with E-state index in [1.807, 2.05) is 0 Å². The van der Waals surface area contributed by atoms with Crippen LogP contribution < -0.4 is 10.6 Å². The van der Waals surface area contributed by atoms with Gasteiger partial charge in [-0.15, -0.1) is 0 Å². The van der Waals surface area contributed by atoms with E-state index in [0.717, 1.165) is 0 Å². The van der Waals surface area contributed by atoms with Gasteiger partial charge in [-0.2, -0.15) is 0 Å². The van der Waals surface area contributed by atoms with Crippen molar-refractivity contribution in [3.05, 3.63) is 24.3 Å². The van der Waals surface area contributed by atoms with Gasteiger partial charge in [-0.3, -0.25) is 0 Å². The summed E-state index contributed by atoms with van der Waals surface area (Å²) >= 11 is 0. The van der Waals surface area contributed by atoms with Gasteiger partial charge in [-0.25, -0.2) is 0 Å². The van der Waals surface area contributed by atoms with Crippen molar-refractivity contribution in [1.29, 1.82) is 0 Å². The lowest BCUT2D eigenvalue weighted by Crippen LogP contribution is -2.23. The minimum atomic E-state index is 1.17. The summed E-state index contributed by atoms with van der Waals surface area (Å²) in [5.41, 5.74) is 0. The third-order valence-electron chi connectivity index (χ3n) is 8.44. The molecule has 0 radical (unpaired) electrons. The van der Waals surface area contributed by atoms with Crippen molar-refractivity contribution in [1.82, 2.24) is 10.6 Å². The summed E-state index contributed by atoms with van der Waals surface area (Å²) in [7, 11) is 0. The second kappa shape index (κ2) is 39.4. The second-order valence-electron chi connectivity index (χ2n) is 12.7. The van der Waals surface area contributed by atoms with Crippen molar-refractivity contribution in [2.24, 2.45) is 0 Å². The first-order valence-electron chi connectivity index (χ1n) is 19.1. The van der Waals surface area contributed by atoms with Crippen LogP contribution in [-0.4, -0.2) is 26.2 Å². The summed E-state index contributed by atoms with van der Waals surface area (Å²) < 4.78 is 0. The normalized spacial score (nSPS) is 12.0. The average Bonchev–Trinajstić information content (AvgIpc) is 2.98. The Morgan fingerprint density at radius 3 is 0.829 bits per heavy atom. The maximum Gasteiger partial charge on any atom is -0.00368 e. The molecule has 0 aromatic carbocycles. The number of hydrogen-bond donors (Lipinski definition) is 2. The Kier molecular flexibility index (Phi) is 38.8. The molecule has 0 aliphatic rings. The van der Waals surface area contributed by atoms with Crippen LogP contribution in [0.2, 0.25) is 0 Å². The minimum Gasteiger partial charge on any atom is -0.317 e. The van der Waals surface area contributed by atoms with Crippen LogP contribution in [0.15, 0.2) is 24.3 Å². The van der Waals surface area contributed by atoms with Gasteiger partial charge in [0.05, 0.1) is 0 Å². The molecule has 0 aliphatic heterocycles. The van der Waals surface area contributed by atoms with E-state index in [1.54, 1.807) is 0 Å². The Labute approximate surface area is 260 Å². The highest BCUT2D eigenvalue weighted by molar-refractivity contribution is 4.82. The molecule has 0 heterocycles. The van der Waals surface area contributed by atoms with Gasteiger partial charge < -0.3 is 10.6 Å². The lowest BCUT2D eigenvalue weighted by atomic mass is 10.1. The highest BCUT2D eigenvalue weighted by Crippen LogP contribution is 2.11. The molecule has 0 atom stereocenters. The topological polar surface area (TPSA) is 24.1 Å². The average molecular weight is 575 g/mol. The molecule has 0 aliphatic carbocycles. The molecule has 2 heteroatoms. The van der Waals surface area contributed by atoms with E-state index in [2.05, 4.69) is 48.8 Å². The quantitative estimate of drug-likeness (QED) is 0.0574. The van der Waals surface area contributed by atoms with Gasteiger partial charge >= 0.3 is 0 Å². The predicted octanol–water partition coefficient (Wildman–Crippen LogP) is 12.6. The van der Waals surface area contributed by atoms with Crippen LogP contribution in [-0.2, 0) is 0 Å². The van der Waals surface area contributed by atoms with E-state index >= 15 is 0 Å². The van der Waals surface area contributed by atoms with E-state index < -0.39 is 0 Å². The fourth-order valence-electron chi connectivity index (χ4n) is 5.58. The van der Waals surface area contributed by atoms with Crippen LogP contribution in [0.25, 0.3) is 0 Å². The Bertz CT molecular complexity index is 454. The maximum absolute atomic E-state index is 3.64. The highest BCUT2D eigenvalue weighted by atomic mass is 14.9. The van der Waals surface area contributed by atoms with Crippen molar-refractivity contribution in [3.8, 4) is 0 Å². The van der Waals surface area contributed by atoms with Gasteiger partial charge in [0.15, 0.2) is 0 Å². The minimum absolute atomic E-state index is 1.17. The van der Waals surface area contributed by atoms with Gasteiger partial charge in [0.1, 0.15) is 0 Å². The van der Waals surface area contributed by atoms with E-state index in [-0.39, 0.29) is 0 Å². The lowest BCUT2D eigenvalue weighted by Gasteiger charge is -2.07. The Morgan fingerprint density at radius 1 is 0.268 bits per heavy atom. The molecule has 0 saturated carbocycles. The zero-order chi connectivity index (χ0) is 29.6. The SMILES string of the molecule is CCCCCCCC/C=C/CCCCCCCCNCCCNCCCCCCCC/C=C/CCCCCCCC. The summed E-state index contributed by atoms with van der Waals surface area (Å²) in [4.78, 5) is 0. The first-order chi connectivity index (χ1) is 20.4. The molecule has 0 aromatic rings. The van der Waals surface area contributed by atoms with Crippen LogP contribution in [0.1, 0.15) is 200 Å². The van der Waals surface area contributed by atoms with Crippen molar-refractivity contribution in [2.45, 2.75) is 200 Å². The van der Waals surface area contributed by atoms with Crippen molar-refractivity contribution in [2.75, 3.05) is 26.2 Å². The smallest absolute Gasteiger partial charge is 0.00368 e. The Morgan fingerprint density at radius 2 is 0.512 bits per heavy atom. The monoisotopic (exact) mass is 575 g/mol. The fraction of sp³-hybridized carbons (Fsp3) is 0.897. The molecular weight excluding hydrogens is 496 g/mol. The summed E-state index contributed by atoms with van der Waals surface area (Å²) in [5, 5.41) is 7.28. The van der Waals surface area contributed by atoms with E-state index in [4.69, 9.17) is 0 Å². The Hall–Kier alpha value is -0.600. The molecule has 0 spiro atoms. The third-order valence-corrected chi connectivity index (χ3v) is 8.44. The number of rotatable bonds is 36. The Balaban J connectivity index is 3.09. The van der Waals surface area contributed by atoms with Crippen LogP contribution in [0.5, 0.6) is 0 Å². The summed E-state index contributed by atoms with van der Waals surface area (Å²) in [5.74, 6) is 0. The summed E-state index contributed by atoms with van der Waals surface area (Å²) in [6.07, 6.45) is 49.9. The first-order valence-corrected chi connectivity index (χ1v) is 19.1. The number of nitrogens with one attached hydrogen (secondary N) is 2. The molecule has 0 rings (SSSR count). The molecule has 0 saturated heterocycles. The predicted molar refractivity (Wildman–Crippen MR) is 189 cm³/mol. The molecule has 0 fully saturated rings. The van der Waals surface area contributed by atoms with Crippen LogP contribution in [0.3, 0.4) is 0 Å². The molecule has 0 unspecified atom stereocenters. The van der Waals surface area contributed by atoms with Gasteiger partial charge in [0, 0.05) is 0 Å². The lowest BCUT2D eigenvalue weighted by molar-refractivity contribution is 0.536. The van der Waals surface area contributed by atoms with Crippen LogP contribution >= 0.6 is 0 Å². The molecule has 0 bridgehead atoms. The molecule has 0 aromatic heterocycles. The first kappa shape index (κ1) is 40.4. The van der Waals surface area contributed by atoms with Crippen molar-refractivity contribution in [3.63, 3.8) is 0 Å². The molecule has 0 amide bonds. The molecule has 41 heavy (non-hydrogen) atoms. The van der Waals surface area contributed by atoms with Gasteiger partial charge in [0.2, 0.25) is 0 Å². The van der Waals surface area contributed by atoms with Crippen molar-refractivity contribution >= 4 is 0 Å². The molecular formula is C39H78N2. The molecule has 2 nitrogen and oxygen atoms in total. The van der Waals surface area contributed by atoms with Crippen LogP contribution in [0, 0.1) is 0 Å². The van der Waals surface area contributed by atoms with Crippen molar-refractivity contribution < 1.29 is 0 Å². The summed E-state index contributed by atoms with van der Waals surface area (Å²) in [6, 6.07) is 0. The van der Waals surface area contributed by atoms with Gasteiger partial charge in [-0.05, 0) is 96.8 Å². The molecule has 2 N–H and O–H groups in total. The maximum atomic E-state index is 3.64.